The highest BCUT2D eigenvalue weighted by molar-refractivity contribution is 5.41. The number of rotatable bonds is 7. The average molecular weight is 254 g/mol. The Morgan fingerprint density at radius 3 is 2.72 bits per heavy atom. The maximum atomic E-state index is 10.8. The van der Waals surface area contributed by atoms with Crippen molar-refractivity contribution >= 4 is 5.69 Å². The van der Waals surface area contributed by atoms with Crippen LogP contribution in [0.4, 0.5) is 5.69 Å². The van der Waals surface area contributed by atoms with E-state index in [2.05, 4.69) is 4.98 Å². The molecule has 0 aliphatic rings. The number of aryl methyl sites for hydroxylation is 1. The quantitative estimate of drug-likeness (QED) is 0.424. The number of hydrogen-bond acceptors (Lipinski definition) is 5. The largest absolute Gasteiger partial charge is 0.470 e. The topological polar surface area (TPSA) is 74.5 Å². The molecule has 0 amide bonds. The third kappa shape index (κ3) is 4.29. The molecular weight excluding hydrogens is 236 g/mol. The fourth-order valence-corrected chi connectivity index (χ4v) is 1.46. The summed E-state index contributed by atoms with van der Waals surface area (Å²) in [5.41, 5.74) is 0.674. The third-order valence-corrected chi connectivity index (χ3v) is 2.22. The van der Waals surface area contributed by atoms with E-state index in [1.54, 1.807) is 13.2 Å². The van der Waals surface area contributed by atoms with Crippen molar-refractivity contribution in [3.05, 3.63) is 27.9 Å². The van der Waals surface area contributed by atoms with E-state index in [1.165, 1.54) is 6.07 Å². The summed E-state index contributed by atoms with van der Waals surface area (Å²) in [5.74, 6) is 0.0879. The summed E-state index contributed by atoms with van der Waals surface area (Å²) >= 11 is 0. The van der Waals surface area contributed by atoms with Gasteiger partial charge in [0.25, 0.3) is 5.88 Å². The minimum absolute atomic E-state index is 0.0879. The van der Waals surface area contributed by atoms with E-state index in [-0.39, 0.29) is 17.7 Å². The van der Waals surface area contributed by atoms with E-state index in [9.17, 15) is 10.1 Å². The van der Waals surface area contributed by atoms with Crippen LogP contribution < -0.4 is 4.74 Å². The first-order valence-corrected chi connectivity index (χ1v) is 5.84. The highest BCUT2D eigenvalue weighted by atomic mass is 16.6. The smallest absolute Gasteiger partial charge is 0.330 e. The number of nitro groups is 1. The van der Waals surface area contributed by atoms with E-state index in [4.69, 9.17) is 9.47 Å². The van der Waals surface area contributed by atoms with Gasteiger partial charge >= 0.3 is 5.69 Å². The number of pyridine rings is 1. The standard InChI is InChI=1S/C12H18N2O4/c1-9(2)18-12-11(14(15)16)7-6-10(13-12)5-4-8-17-3/h6-7,9H,4-5,8H2,1-3H3. The van der Waals surface area contributed by atoms with Crippen molar-refractivity contribution in [2.24, 2.45) is 0 Å². The SMILES string of the molecule is COCCCc1ccc([N+](=O)[O-])c(OC(C)C)n1. The van der Waals surface area contributed by atoms with E-state index < -0.39 is 4.92 Å². The minimum Gasteiger partial charge on any atom is -0.470 e. The van der Waals surface area contributed by atoms with Crippen molar-refractivity contribution in [2.45, 2.75) is 32.8 Å². The van der Waals surface area contributed by atoms with Crippen molar-refractivity contribution in [2.75, 3.05) is 13.7 Å². The summed E-state index contributed by atoms with van der Waals surface area (Å²) in [6.45, 7) is 4.26. The molecule has 0 saturated heterocycles. The molecule has 0 aromatic carbocycles. The molecule has 0 bridgehead atoms. The zero-order chi connectivity index (χ0) is 13.5. The van der Waals surface area contributed by atoms with Gasteiger partial charge in [0.2, 0.25) is 0 Å². The lowest BCUT2D eigenvalue weighted by atomic mass is 10.2. The maximum absolute atomic E-state index is 10.8. The van der Waals surface area contributed by atoms with Crippen LogP contribution in [-0.4, -0.2) is 29.7 Å². The molecule has 0 aliphatic carbocycles. The normalized spacial score (nSPS) is 10.7. The average Bonchev–Trinajstić information content (AvgIpc) is 2.28. The Hall–Kier alpha value is -1.69. The molecule has 0 radical (unpaired) electrons. The van der Waals surface area contributed by atoms with Crippen LogP contribution in [0, 0.1) is 10.1 Å². The highest BCUT2D eigenvalue weighted by Crippen LogP contribution is 2.25. The van der Waals surface area contributed by atoms with Crippen LogP contribution in [0.1, 0.15) is 26.0 Å². The number of aromatic nitrogens is 1. The Balaban J connectivity index is 2.87. The first kappa shape index (κ1) is 14.4. The van der Waals surface area contributed by atoms with Gasteiger partial charge < -0.3 is 9.47 Å². The summed E-state index contributed by atoms with van der Waals surface area (Å²) in [7, 11) is 1.64. The van der Waals surface area contributed by atoms with Gasteiger partial charge in [0.15, 0.2) is 0 Å². The molecule has 1 rings (SSSR count). The van der Waals surface area contributed by atoms with Gasteiger partial charge in [-0.25, -0.2) is 4.98 Å². The molecule has 0 N–H and O–H groups in total. The number of ether oxygens (including phenoxy) is 2. The van der Waals surface area contributed by atoms with Crippen molar-refractivity contribution in [3.63, 3.8) is 0 Å². The fourth-order valence-electron chi connectivity index (χ4n) is 1.46. The predicted octanol–water partition coefficient (Wildman–Crippen LogP) is 2.36. The van der Waals surface area contributed by atoms with Crippen molar-refractivity contribution in [1.29, 1.82) is 0 Å². The van der Waals surface area contributed by atoms with Gasteiger partial charge in [0.05, 0.1) is 11.0 Å². The molecule has 1 aromatic heterocycles. The first-order chi connectivity index (χ1) is 8.54. The molecule has 0 atom stereocenters. The van der Waals surface area contributed by atoms with Gasteiger partial charge in [-0.1, -0.05) is 0 Å². The fraction of sp³-hybridized carbons (Fsp3) is 0.583. The Morgan fingerprint density at radius 1 is 1.44 bits per heavy atom. The lowest BCUT2D eigenvalue weighted by Gasteiger charge is -2.10. The number of methoxy groups -OCH3 is 1. The van der Waals surface area contributed by atoms with E-state index in [0.29, 0.717) is 13.0 Å². The van der Waals surface area contributed by atoms with E-state index >= 15 is 0 Å². The second-order valence-electron chi connectivity index (χ2n) is 4.15. The van der Waals surface area contributed by atoms with Crippen molar-refractivity contribution < 1.29 is 14.4 Å². The number of hydrogen-bond donors (Lipinski definition) is 0. The summed E-state index contributed by atoms with van der Waals surface area (Å²) < 4.78 is 10.3. The Morgan fingerprint density at radius 2 is 2.17 bits per heavy atom. The Bertz CT molecular complexity index is 407. The highest BCUT2D eigenvalue weighted by Gasteiger charge is 2.18. The van der Waals surface area contributed by atoms with Crippen molar-refractivity contribution in [1.82, 2.24) is 4.98 Å². The lowest BCUT2D eigenvalue weighted by molar-refractivity contribution is -0.386. The zero-order valence-corrected chi connectivity index (χ0v) is 10.9. The third-order valence-electron chi connectivity index (χ3n) is 2.22. The van der Waals surface area contributed by atoms with Crippen molar-refractivity contribution in [3.8, 4) is 5.88 Å². The summed E-state index contributed by atoms with van der Waals surface area (Å²) in [5, 5.41) is 10.8. The summed E-state index contributed by atoms with van der Waals surface area (Å²) in [4.78, 5) is 14.5. The Kier molecular flexibility index (Phi) is 5.51. The summed E-state index contributed by atoms with van der Waals surface area (Å²) in [6.07, 6.45) is 1.38. The molecule has 1 heterocycles. The molecular formula is C12H18N2O4. The van der Waals surface area contributed by atoms with Crippen LogP contribution in [0.15, 0.2) is 12.1 Å². The maximum Gasteiger partial charge on any atom is 0.330 e. The van der Waals surface area contributed by atoms with Gasteiger partial charge in [-0.05, 0) is 32.8 Å². The summed E-state index contributed by atoms with van der Waals surface area (Å²) in [6, 6.07) is 3.09. The molecule has 18 heavy (non-hydrogen) atoms. The molecule has 0 aliphatic heterocycles. The van der Waals surface area contributed by atoms with Crippen LogP contribution in [-0.2, 0) is 11.2 Å². The Labute approximate surface area is 106 Å². The molecule has 6 nitrogen and oxygen atoms in total. The van der Waals surface area contributed by atoms with Crippen LogP contribution >= 0.6 is 0 Å². The second-order valence-corrected chi connectivity index (χ2v) is 4.15. The molecule has 100 valence electrons. The molecule has 6 heteroatoms. The molecule has 1 aromatic rings. The van der Waals surface area contributed by atoms with Gasteiger partial charge in [-0.15, -0.1) is 0 Å². The van der Waals surface area contributed by atoms with Crippen LogP contribution in [0.3, 0.4) is 0 Å². The monoisotopic (exact) mass is 254 g/mol. The van der Waals surface area contributed by atoms with Gasteiger partial charge in [0, 0.05) is 25.5 Å². The minimum atomic E-state index is -0.482. The predicted molar refractivity (Wildman–Crippen MR) is 66.9 cm³/mol. The van der Waals surface area contributed by atoms with E-state index in [1.807, 2.05) is 13.8 Å². The van der Waals surface area contributed by atoms with Crippen LogP contribution in [0.2, 0.25) is 0 Å². The van der Waals surface area contributed by atoms with Crippen LogP contribution in [0.5, 0.6) is 5.88 Å². The molecule has 0 fully saturated rings. The van der Waals surface area contributed by atoms with E-state index in [0.717, 1.165) is 12.1 Å². The number of nitrogens with zero attached hydrogens (tertiary/aromatic N) is 2. The van der Waals surface area contributed by atoms with Gasteiger partial charge in [-0.3, -0.25) is 10.1 Å². The molecule has 0 unspecified atom stereocenters. The second kappa shape index (κ2) is 6.90. The van der Waals surface area contributed by atoms with Gasteiger partial charge in [-0.2, -0.15) is 0 Å². The van der Waals surface area contributed by atoms with Gasteiger partial charge in [0.1, 0.15) is 0 Å². The molecule has 0 saturated carbocycles. The zero-order valence-electron chi connectivity index (χ0n) is 10.9. The first-order valence-electron chi connectivity index (χ1n) is 5.84. The lowest BCUT2D eigenvalue weighted by Crippen LogP contribution is -2.10. The van der Waals surface area contributed by atoms with Crippen LogP contribution in [0.25, 0.3) is 0 Å². The molecule has 0 spiro atoms.